The molecule has 2 N–H and O–H groups in total. The lowest BCUT2D eigenvalue weighted by Crippen LogP contribution is -2.55. The number of carbonyl (C=O) groups is 3. The Kier molecular flexibility index (Phi) is 13.1. The second-order valence-corrected chi connectivity index (χ2v) is 13.0. The van der Waals surface area contributed by atoms with Crippen molar-refractivity contribution in [3.63, 3.8) is 0 Å². The van der Waals surface area contributed by atoms with Gasteiger partial charge < -0.3 is 20.1 Å². The number of carboxylic acids is 1. The van der Waals surface area contributed by atoms with Crippen LogP contribution in [0.15, 0.2) is 46.0 Å². The van der Waals surface area contributed by atoms with Gasteiger partial charge >= 0.3 is 11.9 Å². The molecule has 3 heterocycles. The lowest BCUT2D eigenvalue weighted by molar-refractivity contribution is -0.147. The van der Waals surface area contributed by atoms with Gasteiger partial charge in [0.25, 0.3) is 0 Å². The van der Waals surface area contributed by atoms with Crippen LogP contribution in [-0.4, -0.2) is 82.9 Å². The fourth-order valence-electron chi connectivity index (χ4n) is 5.24. The van der Waals surface area contributed by atoms with E-state index in [0.717, 1.165) is 25.7 Å². The van der Waals surface area contributed by atoms with E-state index >= 15 is 0 Å². The van der Waals surface area contributed by atoms with E-state index < -0.39 is 29.2 Å². The molecule has 13 heteroatoms. The van der Waals surface area contributed by atoms with E-state index in [1.54, 1.807) is 27.0 Å². The number of benzene rings is 1. The van der Waals surface area contributed by atoms with Crippen LogP contribution in [0.4, 0.5) is 4.39 Å². The Morgan fingerprint density at radius 1 is 1.24 bits per heavy atom. The smallest absolute Gasteiger partial charge is 0.338 e. The normalized spacial score (nSPS) is 18.8. The number of aliphatic imine (C=N–C) groups is 1. The number of aliphatic carboxylic acids is 1. The molecule has 45 heavy (non-hydrogen) atoms. The first-order valence-electron chi connectivity index (χ1n) is 15.1. The van der Waals surface area contributed by atoms with Crippen LogP contribution in [0, 0.1) is 11.2 Å². The van der Waals surface area contributed by atoms with Gasteiger partial charge in [-0.1, -0.05) is 44.4 Å². The SMILES string of the molecule is CCC1CN(CC2=C(C(=O)OC)[C@H](c3ccc(F)cc3Cl)N=C(c3nccs3)N2)CCN1C(C)=O.CCCCC(C)(C)C(=O)O. The second kappa shape index (κ2) is 16.3. The van der Waals surface area contributed by atoms with Gasteiger partial charge in [-0.2, -0.15) is 0 Å². The number of hydrogen-bond donors (Lipinski definition) is 2. The molecule has 0 aliphatic carbocycles. The molecule has 2 aromatic rings. The predicted molar refractivity (Wildman–Crippen MR) is 174 cm³/mol. The summed E-state index contributed by atoms with van der Waals surface area (Å²) in [6, 6.07) is 3.32. The molecular formula is C32H43ClFN5O5S. The van der Waals surface area contributed by atoms with Crippen molar-refractivity contribution in [2.75, 3.05) is 33.3 Å². The molecule has 1 aromatic carbocycles. The van der Waals surface area contributed by atoms with E-state index in [0.29, 0.717) is 53.9 Å². The van der Waals surface area contributed by atoms with Crippen molar-refractivity contribution >= 4 is 46.6 Å². The molecule has 2 aliphatic rings. The lowest BCUT2D eigenvalue weighted by atomic mass is 9.88. The van der Waals surface area contributed by atoms with Crippen molar-refractivity contribution in [2.45, 2.75) is 72.4 Å². The minimum Gasteiger partial charge on any atom is -0.481 e. The fraction of sp³-hybridized carbons (Fsp3) is 0.531. The van der Waals surface area contributed by atoms with Crippen molar-refractivity contribution in [3.8, 4) is 0 Å². The third-order valence-corrected chi connectivity index (χ3v) is 9.09. The number of nitrogens with zero attached hydrogens (tertiary/aromatic N) is 4. The molecule has 1 amide bonds. The summed E-state index contributed by atoms with van der Waals surface area (Å²) in [5.74, 6) is -1.15. The van der Waals surface area contributed by atoms with Gasteiger partial charge in [0.05, 0.1) is 18.1 Å². The molecule has 1 unspecified atom stereocenters. The number of methoxy groups -OCH3 is 1. The Hall–Kier alpha value is -3.35. The number of rotatable bonds is 10. The molecule has 1 saturated heterocycles. The van der Waals surface area contributed by atoms with Gasteiger partial charge in [0.15, 0.2) is 10.8 Å². The summed E-state index contributed by atoms with van der Waals surface area (Å²) < 4.78 is 18.9. The number of carbonyl (C=O) groups excluding carboxylic acids is 2. The fourth-order valence-corrected chi connectivity index (χ4v) is 6.10. The highest BCUT2D eigenvalue weighted by atomic mass is 35.5. The lowest BCUT2D eigenvalue weighted by Gasteiger charge is -2.41. The number of halogens is 2. The highest BCUT2D eigenvalue weighted by molar-refractivity contribution is 7.11. The number of thiazole rings is 1. The maximum absolute atomic E-state index is 13.8. The number of piperazine rings is 1. The average molecular weight is 664 g/mol. The highest BCUT2D eigenvalue weighted by Gasteiger charge is 2.36. The van der Waals surface area contributed by atoms with E-state index in [2.05, 4.69) is 29.0 Å². The monoisotopic (exact) mass is 663 g/mol. The molecule has 0 saturated carbocycles. The van der Waals surface area contributed by atoms with Gasteiger partial charge in [0.1, 0.15) is 11.9 Å². The van der Waals surface area contributed by atoms with Crippen molar-refractivity contribution in [3.05, 3.63) is 62.5 Å². The maximum Gasteiger partial charge on any atom is 0.338 e. The van der Waals surface area contributed by atoms with Crippen LogP contribution in [0.2, 0.25) is 5.02 Å². The number of esters is 1. The number of carboxylic acid groups (broad SMARTS) is 1. The van der Waals surface area contributed by atoms with E-state index in [1.165, 1.54) is 36.6 Å². The van der Waals surface area contributed by atoms with E-state index in [9.17, 15) is 18.8 Å². The number of ether oxygens (including phenoxy) is 1. The standard InChI is InChI=1S/C24H27ClFN5O3S.C8H16O2/c1-4-16-12-30(8-9-31(16)14(2)32)13-19-20(24(33)34-3)21(17-6-5-15(26)11-18(17)25)29-22(28-19)23-27-7-10-35-23;1-4-5-6-8(2,3)7(9)10/h5-7,10-11,16,21H,4,8-9,12-13H2,1-3H3,(H,28,29);4-6H2,1-3H3,(H,9,10)/t16?,21-;/m0./s1. The molecular weight excluding hydrogens is 621 g/mol. The van der Waals surface area contributed by atoms with E-state index in [4.69, 9.17) is 26.4 Å². The van der Waals surface area contributed by atoms with Gasteiger partial charge in [-0.3, -0.25) is 19.5 Å². The first kappa shape index (κ1) is 36.1. The second-order valence-electron chi connectivity index (χ2n) is 11.7. The summed E-state index contributed by atoms with van der Waals surface area (Å²) >= 11 is 7.82. The van der Waals surface area contributed by atoms with Gasteiger partial charge in [-0.25, -0.2) is 14.2 Å². The molecule has 1 aromatic heterocycles. The Bertz CT molecular complexity index is 1410. The first-order chi connectivity index (χ1) is 21.3. The summed E-state index contributed by atoms with van der Waals surface area (Å²) in [6.07, 6.45) is 5.34. The first-order valence-corrected chi connectivity index (χ1v) is 16.3. The molecule has 10 nitrogen and oxygen atoms in total. The predicted octanol–water partition coefficient (Wildman–Crippen LogP) is 5.68. The molecule has 0 radical (unpaired) electrons. The van der Waals surface area contributed by atoms with Crippen LogP contribution in [0.3, 0.4) is 0 Å². The number of aromatic nitrogens is 1. The zero-order chi connectivity index (χ0) is 33.3. The zero-order valence-corrected chi connectivity index (χ0v) is 28.3. The summed E-state index contributed by atoms with van der Waals surface area (Å²) in [6.45, 7) is 11.6. The third-order valence-electron chi connectivity index (χ3n) is 7.98. The number of nitrogens with one attached hydrogen (secondary N) is 1. The summed E-state index contributed by atoms with van der Waals surface area (Å²) in [5, 5.41) is 14.6. The molecule has 0 bridgehead atoms. The van der Waals surface area contributed by atoms with Crippen molar-refractivity contribution in [1.29, 1.82) is 0 Å². The Balaban J connectivity index is 0.000000477. The molecule has 2 aliphatic heterocycles. The summed E-state index contributed by atoms with van der Waals surface area (Å²) in [4.78, 5) is 48.8. The van der Waals surface area contributed by atoms with Crippen LogP contribution in [0.25, 0.3) is 0 Å². The minimum atomic E-state index is -0.800. The highest BCUT2D eigenvalue weighted by Crippen LogP contribution is 2.37. The van der Waals surface area contributed by atoms with Gasteiger partial charge in [-0.15, -0.1) is 11.3 Å². The maximum atomic E-state index is 13.8. The van der Waals surface area contributed by atoms with Crippen molar-refractivity contribution in [2.24, 2.45) is 10.4 Å². The van der Waals surface area contributed by atoms with E-state index in [1.807, 2.05) is 10.3 Å². The number of hydrogen-bond acceptors (Lipinski definition) is 9. The van der Waals surface area contributed by atoms with Crippen LogP contribution in [0.1, 0.15) is 76.9 Å². The van der Waals surface area contributed by atoms with Crippen LogP contribution < -0.4 is 5.32 Å². The van der Waals surface area contributed by atoms with Crippen LogP contribution >= 0.6 is 22.9 Å². The van der Waals surface area contributed by atoms with Gasteiger partial charge in [0, 0.05) is 67.0 Å². The summed E-state index contributed by atoms with van der Waals surface area (Å²) in [7, 11) is 1.31. The Morgan fingerprint density at radius 3 is 2.53 bits per heavy atom. The van der Waals surface area contributed by atoms with Crippen LogP contribution in [-0.2, 0) is 19.1 Å². The quantitative estimate of drug-likeness (QED) is 0.311. The number of amidine groups is 1. The van der Waals surface area contributed by atoms with Crippen molar-refractivity contribution < 1.29 is 28.6 Å². The molecule has 1 fully saturated rings. The Morgan fingerprint density at radius 2 is 1.98 bits per heavy atom. The topological polar surface area (TPSA) is 124 Å². The van der Waals surface area contributed by atoms with Gasteiger partial charge in [0.2, 0.25) is 5.91 Å². The van der Waals surface area contributed by atoms with Crippen LogP contribution in [0.5, 0.6) is 0 Å². The molecule has 4 rings (SSSR count). The Labute approximate surface area is 273 Å². The van der Waals surface area contributed by atoms with E-state index in [-0.39, 0.29) is 17.0 Å². The number of unbranched alkanes of at least 4 members (excludes halogenated alkanes) is 1. The largest absolute Gasteiger partial charge is 0.481 e. The average Bonchev–Trinajstić information content (AvgIpc) is 3.55. The molecule has 0 spiro atoms. The third kappa shape index (κ3) is 9.34. The molecule has 246 valence electrons. The number of amides is 1. The van der Waals surface area contributed by atoms with Gasteiger partial charge in [-0.05, 0) is 38.8 Å². The van der Waals surface area contributed by atoms with Crippen molar-refractivity contribution in [1.82, 2.24) is 20.1 Å². The minimum absolute atomic E-state index is 0.0611. The zero-order valence-electron chi connectivity index (χ0n) is 26.7. The summed E-state index contributed by atoms with van der Waals surface area (Å²) in [5.41, 5.74) is 0.891. The molecule has 2 atom stereocenters.